The summed E-state index contributed by atoms with van der Waals surface area (Å²) in [6.07, 6.45) is 8.16. The van der Waals surface area contributed by atoms with Crippen LogP contribution in [0, 0.1) is 0 Å². The van der Waals surface area contributed by atoms with Crippen LogP contribution in [0.5, 0.6) is 0 Å². The van der Waals surface area contributed by atoms with E-state index in [-0.39, 0.29) is 37.5 Å². The average molecular weight is 721 g/mol. The van der Waals surface area contributed by atoms with Crippen molar-refractivity contribution < 1.29 is 28.8 Å². The lowest BCUT2D eigenvalue weighted by Crippen LogP contribution is -2.53. The van der Waals surface area contributed by atoms with Gasteiger partial charge in [-0.3, -0.25) is 28.8 Å². The Bertz CT molecular complexity index is 1330. The molecule has 4 atom stereocenters. The maximum Gasteiger partial charge on any atom is 0.243 e. The molecule has 14 heteroatoms. The van der Waals surface area contributed by atoms with E-state index in [0.29, 0.717) is 64.5 Å². The summed E-state index contributed by atoms with van der Waals surface area (Å²) in [6, 6.07) is 14.8. The molecular formula is C38H56N8O6. The van der Waals surface area contributed by atoms with E-state index < -0.39 is 47.8 Å². The quantitative estimate of drug-likeness (QED) is 0.0507. The van der Waals surface area contributed by atoms with Crippen LogP contribution in [0.1, 0.15) is 75.3 Å². The molecule has 284 valence electrons. The van der Waals surface area contributed by atoms with Crippen LogP contribution in [0.4, 0.5) is 0 Å². The number of amides is 6. The minimum absolute atomic E-state index is 0.0860. The largest absolute Gasteiger partial charge is 0.368 e. The van der Waals surface area contributed by atoms with E-state index in [1.807, 2.05) is 60.7 Å². The van der Waals surface area contributed by atoms with E-state index >= 15 is 0 Å². The van der Waals surface area contributed by atoms with Crippen LogP contribution < -0.4 is 44.2 Å². The van der Waals surface area contributed by atoms with Crippen LogP contribution in [0.15, 0.2) is 72.8 Å². The van der Waals surface area contributed by atoms with E-state index in [4.69, 9.17) is 22.9 Å². The Balaban J connectivity index is 1.93. The van der Waals surface area contributed by atoms with Gasteiger partial charge in [0.2, 0.25) is 35.4 Å². The number of hydrogen-bond acceptors (Lipinski definition) is 8. The predicted octanol–water partition coefficient (Wildman–Crippen LogP) is 0.756. The Labute approximate surface area is 306 Å². The van der Waals surface area contributed by atoms with Gasteiger partial charge in [-0.15, -0.1) is 0 Å². The van der Waals surface area contributed by atoms with E-state index in [0.717, 1.165) is 11.1 Å². The van der Waals surface area contributed by atoms with Crippen LogP contribution in [0.3, 0.4) is 0 Å². The van der Waals surface area contributed by atoms with Crippen molar-refractivity contribution in [3.63, 3.8) is 0 Å². The second-order valence-electron chi connectivity index (χ2n) is 12.7. The molecule has 14 nitrogen and oxygen atoms in total. The molecule has 2 aromatic rings. The minimum atomic E-state index is -0.927. The number of benzene rings is 2. The molecule has 6 amide bonds. The fourth-order valence-electron chi connectivity index (χ4n) is 5.42. The van der Waals surface area contributed by atoms with Crippen molar-refractivity contribution in [2.45, 2.75) is 101 Å². The van der Waals surface area contributed by atoms with Gasteiger partial charge in [-0.1, -0.05) is 72.8 Å². The van der Waals surface area contributed by atoms with Crippen molar-refractivity contribution >= 4 is 35.4 Å². The maximum absolute atomic E-state index is 13.2. The second kappa shape index (κ2) is 25.0. The normalized spacial score (nSPS) is 13.3. The fourth-order valence-corrected chi connectivity index (χ4v) is 5.42. The number of rotatable bonds is 26. The Morgan fingerprint density at radius 3 is 1.21 bits per heavy atom. The third-order valence-corrected chi connectivity index (χ3v) is 8.33. The highest BCUT2D eigenvalue weighted by Gasteiger charge is 2.27. The van der Waals surface area contributed by atoms with Gasteiger partial charge in [0.05, 0.1) is 0 Å². The summed E-state index contributed by atoms with van der Waals surface area (Å²) < 4.78 is 0. The summed E-state index contributed by atoms with van der Waals surface area (Å²) in [6.45, 7) is 0.913. The SMILES string of the molecule is NCCCC[C@H](NC(=O)[C@H](Cc1ccccc1)NC(=O)CC/C=C/CCC(=O)N[C@@H](Cc1ccccc1)C(=O)N[C@@H](CCCCN)C(N)=O)C(N)=O. The monoisotopic (exact) mass is 720 g/mol. The van der Waals surface area contributed by atoms with Crippen LogP contribution >= 0.6 is 0 Å². The highest BCUT2D eigenvalue weighted by Crippen LogP contribution is 2.09. The summed E-state index contributed by atoms with van der Waals surface area (Å²) in [5.41, 5.74) is 23.8. The van der Waals surface area contributed by atoms with Gasteiger partial charge >= 0.3 is 0 Å². The van der Waals surface area contributed by atoms with Gasteiger partial charge in [0.1, 0.15) is 24.2 Å². The number of hydrogen-bond donors (Lipinski definition) is 8. The molecular weight excluding hydrogens is 664 g/mol. The van der Waals surface area contributed by atoms with Crippen LogP contribution in [0.2, 0.25) is 0 Å². The maximum atomic E-state index is 13.2. The molecule has 2 aromatic carbocycles. The molecule has 0 aliphatic carbocycles. The Morgan fingerprint density at radius 1 is 0.519 bits per heavy atom. The zero-order chi connectivity index (χ0) is 38.1. The summed E-state index contributed by atoms with van der Waals surface area (Å²) in [7, 11) is 0. The molecule has 0 aliphatic rings. The van der Waals surface area contributed by atoms with Crippen LogP contribution in [-0.4, -0.2) is 72.7 Å². The molecule has 52 heavy (non-hydrogen) atoms. The molecule has 0 saturated heterocycles. The molecule has 0 aromatic heterocycles. The van der Waals surface area contributed by atoms with Crippen molar-refractivity contribution in [1.82, 2.24) is 21.3 Å². The Hall–Kier alpha value is -5.08. The highest BCUT2D eigenvalue weighted by molar-refractivity contribution is 5.92. The van der Waals surface area contributed by atoms with Crippen molar-refractivity contribution in [3.8, 4) is 0 Å². The van der Waals surface area contributed by atoms with E-state index in [1.165, 1.54) is 0 Å². The third kappa shape index (κ3) is 17.7. The molecule has 0 heterocycles. The first kappa shape index (κ1) is 43.1. The van der Waals surface area contributed by atoms with Gasteiger partial charge < -0.3 is 44.2 Å². The highest BCUT2D eigenvalue weighted by atomic mass is 16.2. The van der Waals surface area contributed by atoms with Crippen LogP contribution in [0.25, 0.3) is 0 Å². The molecule has 0 unspecified atom stereocenters. The Morgan fingerprint density at radius 2 is 0.885 bits per heavy atom. The second-order valence-corrected chi connectivity index (χ2v) is 12.7. The van der Waals surface area contributed by atoms with E-state index in [2.05, 4.69) is 21.3 Å². The first-order chi connectivity index (χ1) is 25.0. The molecule has 0 bridgehead atoms. The first-order valence-electron chi connectivity index (χ1n) is 17.9. The van der Waals surface area contributed by atoms with Gasteiger partial charge in [-0.2, -0.15) is 0 Å². The first-order valence-corrected chi connectivity index (χ1v) is 17.9. The van der Waals surface area contributed by atoms with Gasteiger partial charge in [0.25, 0.3) is 0 Å². The van der Waals surface area contributed by atoms with Crippen LogP contribution in [-0.2, 0) is 41.6 Å². The summed E-state index contributed by atoms with van der Waals surface area (Å²) in [4.78, 5) is 76.1. The third-order valence-electron chi connectivity index (χ3n) is 8.33. The van der Waals surface area contributed by atoms with Crippen molar-refractivity contribution in [1.29, 1.82) is 0 Å². The lowest BCUT2D eigenvalue weighted by atomic mass is 10.0. The molecule has 0 saturated carbocycles. The number of nitrogens with one attached hydrogen (secondary N) is 4. The number of unbranched alkanes of at least 4 members (excludes halogenated alkanes) is 2. The van der Waals surface area contributed by atoms with Crippen molar-refractivity contribution in [3.05, 3.63) is 83.9 Å². The van der Waals surface area contributed by atoms with Crippen molar-refractivity contribution in [2.24, 2.45) is 22.9 Å². The molecule has 0 aliphatic heterocycles. The van der Waals surface area contributed by atoms with Gasteiger partial charge in [0.15, 0.2) is 0 Å². The molecule has 12 N–H and O–H groups in total. The lowest BCUT2D eigenvalue weighted by Gasteiger charge is -2.22. The van der Waals surface area contributed by atoms with Gasteiger partial charge in [-0.25, -0.2) is 0 Å². The molecule has 0 radical (unpaired) electrons. The molecule has 0 spiro atoms. The van der Waals surface area contributed by atoms with Gasteiger partial charge in [-0.05, 0) is 75.6 Å². The lowest BCUT2D eigenvalue weighted by molar-refractivity contribution is -0.131. The zero-order valence-electron chi connectivity index (χ0n) is 29.9. The summed E-state index contributed by atoms with van der Waals surface area (Å²) >= 11 is 0. The minimum Gasteiger partial charge on any atom is -0.368 e. The standard InChI is InChI=1S/C38H56N8O6/c39-23-13-11-19-29(35(41)49)45-37(51)31(25-27-15-5-3-6-16-27)43-33(47)21-9-1-2-10-22-34(48)44-32(26-28-17-7-4-8-18-28)38(52)46-30(36(42)50)20-12-14-24-40/h1-8,15-18,29-32H,9-14,19-26,39-40H2,(H2,41,49)(H2,42,50)(H,43,47)(H,44,48)(H,45,51)(H,46,52)/b2-1+/t29-,30-,31-,32-/m0/s1. The van der Waals surface area contributed by atoms with Crippen molar-refractivity contribution in [2.75, 3.05) is 13.1 Å². The molecule has 0 fully saturated rings. The topological polar surface area (TPSA) is 255 Å². The number of allylic oxidation sites excluding steroid dienone is 2. The summed E-state index contributed by atoms with van der Waals surface area (Å²) in [5, 5.41) is 10.9. The van der Waals surface area contributed by atoms with E-state index in [1.54, 1.807) is 12.2 Å². The fraction of sp³-hybridized carbons (Fsp3) is 0.474. The smallest absolute Gasteiger partial charge is 0.243 e. The van der Waals surface area contributed by atoms with E-state index in [9.17, 15) is 28.8 Å². The Kier molecular flexibility index (Phi) is 20.7. The number of carbonyl (C=O) groups is 6. The van der Waals surface area contributed by atoms with Gasteiger partial charge in [0, 0.05) is 25.7 Å². The number of primary amides is 2. The summed E-state index contributed by atoms with van der Waals surface area (Å²) in [5.74, 6) is -3.05. The predicted molar refractivity (Wildman–Crippen MR) is 200 cm³/mol. The zero-order valence-corrected chi connectivity index (χ0v) is 29.9. The average Bonchev–Trinajstić information content (AvgIpc) is 3.12. The number of nitrogens with two attached hydrogens (primary N) is 4. The molecule has 2 rings (SSSR count). The number of carbonyl (C=O) groups excluding carboxylic acids is 6.